The van der Waals surface area contributed by atoms with E-state index in [0.29, 0.717) is 39.6 Å². The van der Waals surface area contributed by atoms with E-state index in [0.717, 1.165) is 0 Å². The number of aromatic nitrogens is 2. The summed E-state index contributed by atoms with van der Waals surface area (Å²) in [6.07, 6.45) is 3.52. The molecule has 3 rings (SSSR count). The fraction of sp³-hybridized carbons (Fsp3) is 0.0526. The monoisotopic (exact) mass is 394 g/mol. The quantitative estimate of drug-likeness (QED) is 0.276. The van der Waals surface area contributed by atoms with Crippen LogP contribution in [0.5, 0.6) is 0 Å². The number of carbonyl (C=O) groups excluding carboxylic acids is 1. The molecule has 8 nitrogen and oxygen atoms in total. The van der Waals surface area contributed by atoms with Crippen LogP contribution in [0.3, 0.4) is 0 Å². The number of nitrogens with zero attached hydrogens (tertiary/aromatic N) is 2. The van der Waals surface area contributed by atoms with E-state index in [1.807, 2.05) is 0 Å². The van der Waals surface area contributed by atoms with E-state index in [2.05, 4.69) is 20.6 Å². The lowest BCUT2D eigenvalue weighted by Crippen LogP contribution is -2.12. The molecule has 0 aliphatic rings. The fourth-order valence-corrected chi connectivity index (χ4v) is 3.07. The zero-order valence-corrected chi connectivity index (χ0v) is 15.8. The van der Waals surface area contributed by atoms with Gasteiger partial charge in [0.15, 0.2) is 4.90 Å². The van der Waals surface area contributed by atoms with Crippen LogP contribution < -0.4 is 16.4 Å². The number of amides is 1. The summed E-state index contributed by atoms with van der Waals surface area (Å²) in [5, 5.41) is 14.2. The van der Waals surface area contributed by atoms with E-state index < -0.39 is 11.2 Å². The van der Waals surface area contributed by atoms with Crippen molar-refractivity contribution < 1.29 is 9.35 Å². The molecule has 0 saturated heterocycles. The number of nitrogen functional groups attached to an aromatic ring is 1. The van der Waals surface area contributed by atoms with Crippen molar-refractivity contribution in [2.75, 3.05) is 22.6 Å². The molecular formula is C19H18N6O2S. The highest BCUT2D eigenvalue weighted by Crippen LogP contribution is 2.26. The van der Waals surface area contributed by atoms with E-state index >= 15 is 0 Å². The zero-order valence-electron chi connectivity index (χ0n) is 15.0. The largest absolute Gasteiger partial charge is 0.612 e. The number of anilines is 4. The fourth-order valence-electron chi connectivity index (χ4n) is 2.55. The van der Waals surface area contributed by atoms with Crippen LogP contribution in [0.4, 0.5) is 23.0 Å². The van der Waals surface area contributed by atoms with E-state index in [9.17, 15) is 9.35 Å². The molecule has 5 N–H and O–H groups in total. The Morgan fingerprint density at radius 2 is 1.75 bits per heavy atom. The molecule has 28 heavy (non-hydrogen) atoms. The van der Waals surface area contributed by atoms with Crippen molar-refractivity contribution in [1.29, 1.82) is 5.41 Å². The average molecular weight is 394 g/mol. The number of rotatable bonds is 7. The third-order valence-corrected chi connectivity index (χ3v) is 4.91. The maximum Gasteiger partial charge on any atom is 0.211 e. The van der Waals surface area contributed by atoms with Gasteiger partial charge in [-0.3, -0.25) is 10.2 Å². The standard InChI is InChI=1S/C19H18N6O2S/c1-28(27)15-8-2-12(3-9-15)17(20)16-18(21)22-10-23-19(16)25-14-6-4-13(5-7-14)24-11-26/h2-11,20H,1H3,(H,24,26)(H3,21,22,23,25). The zero-order chi connectivity index (χ0) is 20.1. The van der Waals surface area contributed by atoms with Gasteiger partial charge in [0.05, 0.1) is 11.3 Å². The van der Waals surface area contributed by atoms with Crippen molar-refractivity contribution in [3.63, 3.8) is 0 Å². The Kier molecular flexibility index (Phi) is 5.87. The highest BCUT2D eigenvalue weighted by Gasteiger charge is 2.17. The summed E-state index contributed by atoms with van der Waals surface area (Å²) in [6, 6.07) is 13.9. The van der Waals surface area contributed by atoms with Crippen LogP contribution >= 0.6 is 0 Å². The smallest absolute Gasteiger partial charge is 0.211 e. The van der Waals surface area contributed by atoms with Crippen LogP contribution in [0.1, 0.15) is 11.1 Å². The van der Waals surface area contributed by atoms with Crippen LogP contribution in [0.25, 0.3) is 0 Å². The second-order valence-electron chi connectivity index (χ2n) is 5.80. The first-order valence-electron chi connectivity index (χ1n) is 8.20. The third kappa shape index (κ3) is 4.27. The predicted molar refractivity (Wildman–Crippen MR) is 111 cm³/mol. The molecule has 0 aliphatic carbocycles. The van der Waals surface area contributed by atoms with Crippen LogP contribution in [0.15, 0.2) is 59.8 Å². The molecule has 2 aromatic carbocycles. The van der Waals surface area contributed by atoms with Gasteiger partial charge in [-0.05, 0) is 59.7 Å². The minimum absolute atomic E-state index is 0.147. The van der Waals surface area contributed by atoms with Gasteiger partial charge in [-0.15, -0.1) is 0 Å². The topological polar surface area (TPSA) is 140 Å². The summed E-state index contributed by atoms with van der Waals surface area (Å²) in [5.41, 5.74) is 8.50. The second kappa shape index (κ2) is 8.51. The highest BCUT2D eigenvalue weighted by atomic mass is 32.2. The van der Waals surface area contributed by atoms with E-state index in [1.165, 1.54) is 6.33 Å². The Hall–Kier alpha value is -3.43. The van der Waals surface area contributed by atoms with Gasteiger partial charge >= 0.3 is 0 Å². The first kappa shape index (κ1) is 19.3. The van der Waals surface area contributed by atoms with E-state index in [1.54, 1.807) is 54.8 Å². The Balaban J connectivity index is 1.91. The molecule has 0 radical (unpaired) electrons. The molecule has 142 valence electrons. The number of benzene rings is 2. The molecule has 1 atom stereocenters. The van der Waals surface area contributed by atoms with Gasteiger partial charge in [0.1, 0.15) is 24.2 Å². The molecule has 0 aliphatic heterocycles. The van der Waals surface area contributed by atoms with E-state index in [4.69, 9.17) is 11.1 Å². The number of carbonyl (C=O) groups is 1. The van der Waals surface area contributed by atoms with Crippen molar-refractivity contribution in [1.82, 2.24) is 9.97 Å². The molecule has 1 heterocycles. The number of hydrogen-bond donors (Lipinski definition) is 4. The minimum Gasteiger partial charge on any atom is -0.612 e. The Morgan fingerprint density at radius 1 is 1.11 bits per heavy atom. The molecule has 1 aromatic heterocycles. The second-order valence-corrected chi connectivity index (χ2v) is 7.18. The van der Waals surface area contributed by atoms with Gasteiger partial charge < -0.3 is 20.9 Å². The summed E-state index contributed by atoms with van der Waals surface area (Å²) >= 11 is -1.09. The Labute approximate surface area is 164 Å². The van der Waals surface area contributed by atoms with Crippen LogP contribution in [-0.2, 0) is 16.0 Å². The lowest BCUT2D eigenvalue weighted by Gasteiger charge is -2.14. The third-order valence-electron chi connectivity index (χ3n) is 3.97. The van der Waals surface area contributed by atoms with Gasteiger partial charge in [0.25, 0.3) is 0 Å². The van der Waals surface area contributed by atoms with E-state index in [-0.39, 0.29) is 11.5 Å². The molecule has 1 amide bonds. The summed E-state index contributed by atoms with van der Waals surface area (Å²) in [6.45, 7) is 0. The molecule has 0 fully saturated rings. The first-order valence-corrected chi connectivity index (χ1v) is 9.76. The summed E-state index contributed by atoms with van der Waals surface area (Å²) < 4.78 is 11.6. The molecule has 0 spiro atoms. The molecule has 0 bridgehead atoms. The summed E-state index contributed by atoms with van der Waals surface area (Å²) in [7, 11) is 0. The number of nitrogens with one attached hydrogen (secondary N) is 3. The molecule has 9 heteroatoms. The minimum atomic E-state index is -1.09. The molecule has 1 unspecified atom stereocenters. The number of hydrogen-bond acceptors (Lipinski definition) is 7. The molecule has 0 saturated carbocycles. The van der Waals surface area contributed by atoms with Crippen LogP contribution in [0, 0.1) is 5.41 Å². The van der Waals surface area contributed by atoms with Gasteiger partial charge in [-0.2, -0.15) is 0 Å². The Morgan fingerprint density at radius 3 is 2.36 bits per heavy atom. The van der Waals surface area contributed by atoms with Crippen molar-refractivity contribution in [3.8, 4) is 0 Å². The first-order chi connectivity index (χ1) is 13.5. The number of nitrogens with two attached hydrogens (primary N) is 1. The highest BCUT2D eigenvalue weighted by molar-refractivity contribution is 7.90. The van der Waals surface area contributed by atoms with Gasteiger partial charge in [-0.1, -0.05) is 0 Å². The lowest BCUT2D eigenvalue weighted by atomic mass is 10.0. The predicted octanol–water partition coefficient (Wildman–Crippen LogP) is 2.52. The normalized spacial score (nSPS) is 11.5. The SMILES string of the molecule is C[S+]([O-])c1ccc(C(=N)c2c(N)ncnc2Nc2ccc(NC=O)cc2)cc1. The maximum absolute atomic E-state index is 11.6. The van der Waals surface area contributed by atoms with Crippen molar-refractivity contribution in [2.45, 2.75) is 4.90 Å². The Bertz CT molecular complexity index is 990. The summed E-state index contributed by atoms with van der Waals surface area (Å²) in [4.78, 5) is 19.4. The van der Waals surface area contributed by atoms with Gasteiger partial charge in [0.2, 0.25) is 6.41 Å². The van der Waals surface area contributed by atoms with Crippen LogP contribution in [0.2, 0.25) is 0 Å². The molecule has 3 aromatic rings. The average Bonchev–Trinajstić information content (AvgIpc) is 2.69. The molecular weight excluding hydrogens is 376 g/mol. The van der Waals surface area contributed by atoms with Crippen molar-refractivity contribution in [3.05, 3.63) is 66.0 Å². The lowest BCUT2D eigenvalue weighted by molar-refractivity contribution is -0.105. The van der Waals surface area contributed by atoms with Gasteiger partial charge in [0, 0.05) is 16.9 Å². The van der Waals surface area contributed by atoms with Crippen LogP contribution in [-0.4, -0.2) is 32.9 Å². The summed E-state index contributed by atoms with van der Waals surface area (Å²) in [5.74, 6) is 0.557. The maximum atomic E-state index is 11.6. The van der Waals surface area contributed by atoms with Crippen molar-refractivity contribution in [2.24, 2.45) is 0 Å². The van der Waals surface area contributed by atoms with Crippen molar-refractivity contribution >= 4 is 46.3 Å². The van der Waals surface area contributed by atoms with Gasteiger partial charge in [-0.25, -0.2) is 9.97 Å².